The van der Waals surface area contributed by atoms with Crippen LogP contribution in [0.25, 0.3) is 5.65 Å². The summed E-state index contributed by atoms with van der Waals surface area (Å²) in [5.74, 6) is -0.535. The number of pyridine rings is 1. The van der Waals surface area contributed by atoms with Gasteiger partial charge in [-0.1, -0.05) is 38.1 Å². The summed E-state index contributed by atoms with van der Waals surface area (Å²) in [5, 5.41) is 8.21. The molecule has 0 radical (unpaired) electrons. The first-order chi connectivity index (χ1) is 11.9. The van der Waals surface area contributed by atoms with Crippen molar-refractivity contribution in [2.75, 3.05) is 0 Å². The number of benzene rings is 1. The van der Waals surface area contributed by atoms with Crippen molar-refractivity contribution in [2.24, 2.45) is 5.92 Å². The number of rotatable bonds is 6. The second-order valence-electron chi connectivity index (χ2n) is 6.18. The normalized spacial score (nSPS) is 13.4. The molecule has 132 valence electrons. The molecule has 2 aromatic heterocycles. The highest BCUT2D eigenvalue weighted by molar-refractivity contribution is 7.88. The van der Waals surface area contributed by atoms with Gasteiger partial charge in [-0.15, -0.1) is 10.2 Å². The summed E-state index contributed by atoms with van der Waals surface area (Å²) >= 11 is 0. The monoisotopic (exact) mass is 362 g/mol. The van der Waals surface area contributed by atoms with Crippen molar-refractivity contribution in [1.29, 1.82) is 0 Å². The first-order valence-corrected chi connectivity index (χ1v) is 9.55. The third kappa shape index (κ3) is 3.85. The zero-order valence-corrected chi connectivity index (χ0v) is 14.7. The second kappa shape index (κ2) is 6.89. The van der Waals surface area contributed by atoms with E-state index in [1.807, 2.05) is 26.0 Å². The summed E-state index contributed by atoms with van der Waals surface area (Å²) in [4.78, 5) is 0. The van der Waals surface area contributed by atoms with Gasteiger partial charge in [-0.3, -0.25) is 4.40 Å². The van der Waals surface area contributed by atoms with E-state index in [0.717, 1.165) is 0 Å². The number of nitrogens with zero attached hydrogens (tertiary/aromatic N) is 3. The molecule has 0 fully saturated rings. The summed E-state index contributed by atoms with van der Waals surface area (Å²) in [6, 6.07) is 10.7. The van der Waals surface area contributed by atoms with Gasteiger partial charge in [-0.2, -0.15) is 0 Å². The summed E-state index contributed by atoms with van der Waals surface area (Å²) < 4.78 is 43.3. The van der Waals surface area contributed by atoms with E-state index in [9.17, 15) is 12.8 Å². The van der Waals surface area contributed by atoms with Crippen molar-refractivity contribution >= 4 is 15.7 Å². The van der Waals surface area contributed by atoms with Crippen LogP contribution in [0.4, 0.5) is 4.39 Å². The summed E-state index contributed by atoms with van der Waals surface area (Å²) in [7, 11) is -3.77. The van der Waals surface area contributed by atoms with Gasteiger partial charge in [0.05, 0.1) is 11.8 Å². The molecule has 0 aliphatic carbocycles. The smallest absolute Gasteiger partial charge is 0.216 e. The van der Waals surface area contributed by atoms with Gasteiger partial charge in [0.25, 0.3) is 0 Å². The molecular formula is C17H19FN4O2S. The first-order valence-electron chi connectivity index (χ1n) is 7.90. The Morgan fingerprint density at radius 3 is 2.56 bits per heavy atom. The van der Waals surface area contributed by atoms with E-state index in [2.05, 4.69) is 14.9 Å². The maximum absolute atomic E-state index is 13.8. The Morgan fingerprint density at radius 1 is 1.12 bits per heavy atom. The van der Waals surface area contributed by atoms with E-state index < -0.39 is 27.6 Å². The van der Waals surface area contributed by atoms with Crippen LogP contribution in [0.5, 0.6) is 0 Å². The predicted molar refractivity (Wildman–Crippen MR) is 92.7 cm³/mol. The van der Waals surface area contributed by atoms with Crippen LogP contribution in [0.15, 0.2) is 48.7 Å². The molecule has 1 aromatic carbocycles. The van der Waals surface area contributed by atoms with Gasteiger partial charge in [-0.25, -0.2) is 17.5 Å². The fraction of sp³-hybridized carbons (Fsp3) is 0.294. The average molecular weight is 362 g/mol. The van der Waals surface area contributed by atoms with Crippen LogP contribution in [-0.4, -0.2) is 23.0 Å². The van der Waals surface area contributed by atoms with Crippen molar-refractivity contribution < 1.29 is 12.8 Å². The summed E-state index contributed by atoms with van der Waals surface area (Å²) in [6.45, 7) is 3.78. The van der Waals surface area contributed by atoms with Crippen molar-refractivity contribution in [2.45, 2.75) is 25.6 Å². The number of hydrogen-bond donors (Lipinski definition) is 1. The van der Waals surface area contributed by atoms with Crippen LogP contribution in [0, 0.1) is 11.7 Å². The van der Waals surface area contributed by atoms with Crippen LogP contribution in [-0.2, 0) is 15.8 Å². The van der Waals surface area contributed by atoms with Crippen molar-refractivity contribution in [3.8, 4) is 0 Å². The van der Waals surface area contributed by atoms with Crippen LogP contribution in [0.2, 0.25) is 0 Å². The highest BCUT2D eigenvalue weighted by atomic mass is 32.2. The third-order valence-electron chi connectivity index (χ3n) is 3.89. The van der Waals surface area contributed by atoms with Crippen molar-refractivity contribution in [1.82, 2.24) is 19.3 Å². The second-order valence-corrected chi connectivity index (χ2v) is 7.93. The first kappa shape index (κ1) is 17.5. The molecule has 25 heavy (non-hydrogen) atoms. The largest absolute Gasteiger partial charge is 0.285 e. The maximum atomic E-state index is 13.8. The Balaban J connectivity index is 1.90. The Labute approximate surface area is 145 Å². The van der Waals surface area contributed by atoms with Crippen LogP contribution >= 0.6 is 0 Å². The van der Waals surface area contributed by atoms with E-state index in [1.54, 1.807) is 22.7 Å². The lowest BCUT2D eigenvalue weighted by Gasteiger charge is -2.21. The van der Waals surface area contributed by atoms with E-state index in [4.69, 9.17) is 0 Å². The average Bonchev–Trinajstić information content (AvgIpc) is 2.98. The number of aromatic nitrogens is 3. The lowest BCUT2D eigenvalue weighted by atomic mass is 10.1. The molecule has 2 heterocycles. The van der Waals surface area contributed by atoms with Gasteiger partial charge >= 0.3 is 0 Å². The number of fused-ring (bicyclic) bond motifs is 1. The van der Waals surface area contributed by atoms with Gasteiger partial charge in [0.2, 0.25) is 10.0 Å². The molecule has 6 nitrogen and oxygen atoms in total. The van der Waals surface area contributed by atoms with Gasteiger partial charge < -0.3 is 0 Å². The van der Waals surface area contributed by atoms with E-state index >= 15 is 0 Å². The fourth-order valence-electron chi connectivity index (χ4n) is 2.61. The molecule has 0 saturated heterocycles. The zero-order valence-electron chi connectivity index (χ0n) is 13.9. The van der Waals surface area contributed by atoms with Gasteiger partial charge in [0.15, 0.2) is 11.5 Å². The minimum Gasteiger partial charge on any atom is -0.285 e. The Bertz CT molecular complexity index is 985. The molecule has 1 unspecified atom stereocenters. The molecule has 0 spiro atoms. The molecule has 0 aliphatic rings. The lowest BCUT2D eigenvalue weighted by Crippen LogP contribution is -2.34. The quantitative estimate of drug-likeness (QED) is 0.731. The molecule has 0 bridgehead atoms. The Kier molecular flexibility index (Phi) is 4.82. The van der Waals surface area contributed by atoms with Gasteiger partial charge in [0.1, 0.15) is 5.82 Å². The van der Waals surface area contributed by atoms with Crippen LogP contribution in [0.1, 0.15) is 31.3 Å². The van der Waals surface area contributed by atoms with Gasteiger partial charge in [-0.05, 0) is 24.1 Å². The third-order valence-corrected chi connectivity index (χ3v) is 5.20. The summed E-state index contributed by atoms with van der Waals surface area (Å²) in [5.41, 5.74) is 0.764. The molecule has 1 atom stereocenters. The fourth-order valence-corrected chi connectivity index (χ4v) is 4.11. The molecule has 8 heteroatoms. The minimum absolute atomic E-state index is 0.0667. The zero-order chi connectivity index (χ0) is 18.0. The topological polar surface area (TPSA) is 76.4 Å². The molecule has 0 saturated carbocycles. The highest BCUT2D eigenvalue weighted by Gasteiger charge is 2.27. The number of halogens is 1. The van der Waals surface area contributed by atoms with Crippen molar-refractivity contribution in [3.63, 3.8) is 0 Å². The van der Waals surface area contributed by atoms with E-state index in [-0.39, 0.29) is 11.5 Å². The molecule has 1 N–H and O–H groups in total. The predicted octanol–water partition coefficient (Wildman–Crippen LogP) is 2.69. The standard InChI is InChI=1S/C17H19FN4O2S/c1-12(2)16(17-20-19-15-9-5-6-10-22(15)17)21-25(23,24)11-13-7-3-4-8-14(13)18/h3-10,12,16,21H,11H2,1-2H3. The Morgan fingerprint density at radius 2 is 1.84 bits per heavy atom. The number of nitrogens with one attached hydrogen (secondary N) is 1. The highest BCUT2D eigenvalue weighted by Crippen LogP contribution is 2.23. The molecular weight excluding hydrogens is 343 g/mol. The summed E-state index contributed by atoms with van der Waals surface area (Å²) in [6.07, 6.45) is 1.78. The molecule has 3 aromatic rings. The SMILES string of the molecule is CC(C)C(NS(=O)(=O)Cc1ccccc1F)c1nnc2ccccn12. The molecule has 3 rings (SSSR count). The lowest BCUT2D eigenvalue weighted by molar-refractivity contribution is 0.440. The molecule has 0 amide bonds. The van der Waals surface area contributed by atoms with Crippen LogP contribution < -0.4 is 4.72 Å². The number of sulfonamides is 1. The minimum atomic E-state index is -3.77. The van der Waals surface area contributed by atoms with Crippen molar-refractivity contribution in [3.05, 3.63) is 65.9 Å². The van der Waals surface area contributed by atoms with E-state index in [0.29, 0.717) is 11.5 Å². The van der Waals surface area contributed by atoms with Gasteiger partial charge in [0, 0.05) is 11.8 Å². The Hall–Kier alpha value is -2.32. The van der Waals surface area contributed by atoms with Crippen LogP contribution in [0.3, 0.4) is 0 Å². The number of hydrogen-bond acceptors (Lipinski definition) is 4. The molecule has 0 aliphatic heterocycles. The maximum Gasteiger partial charge on any atom is 0.216 e. The van der Waals surface area contributed by atoms with E-state index in [1.165, 1.54) is 18.2 Å².